The maximum Gasteiger partial charge on any atom is 0.0554 e. The fourth-order valence-electron chi connectivity index (χ4n) is 4.27. The van der Waals surface area contributed by atoms with Gasteiger partial charge in [-0.3, -0.25) is 0 Å². The lowest BCUT2D eigenvalue weighted by Crippen LogP contribution is -2.29. The molecule has 4 rings (SSSR count). The van der Waals surface area contributed by atoms with Gasteiger partial charge in [0.1, 0.15) is 0 Å². The zero-order valence-corrected chi connectivity index (χ0v) is 15.4. The highest BCUT2D eigenvalue weighted by Gasteiger charge is 2.38. The first-order valence-electron chi connectivity index (χ1n) is 8.89. The second kappa shape index (κ2) is 6.33. The molecule has 3 unspecified atom stereocenters. The first-order chi connectivity index (χ1) is 11.7. The number of thioether (sulfide) groups is 1. The van der Waals surface area contributed by atoms with Gasteiger partial charge in [-0.05, 0) is 53.3 Å². The van der Waals surface area contributed by atoms with Crippen LogP contribution in [0.2, 0.25) is 0 Å². The Labute approximate surface area is 149 Å². The summed E-state index contributed by atoms with van der Waals surface area (Å²) in [5.41, 5.74) is 5.71. The molecule has 2 aromatic carbocycles. The maximum absolute atomic E-state index is 3.93. The van der Waals surface area contributed by atoms with Crippen molar-refractivity contribution in [2.75, 3.05) is 11.6 Å². The molecule has 0 saturated heterocycles. The highest BCUT2D eigenvalue weighted by atomic mass is 32.2. The van der Waals surface area contributed by atoms with Crippen molar-refractivity contribution in [2.45, 2.75) is 43.0 Å². The van der Waals surface area contributed by atoms with Crippen molar-refractivity contribution in [3.63, 3.8) is 0 Å². The molecule has 3 atom stereocenters. The molecule has 1 N–H and O–H groups in total. The third kappa shape index (κ3) is 2.57. The smallest absolute Gasteiger partial charge is 0.0554 e. The minimum absolute atomic E-state index is 0.397. The van der Waals surface area contributed by atoms with E-state index in [4.69, 9.17) is 0 Å². The normalized spacial score (nSPS) is 24.6. The molecule has 1 heterocycles. The van der Waals surface area contributed by atoms with Gasteiger partial charge in [-0.25, -0.2) is 0 Å². The summed E-state index contributed by atoms with van der Waals surface area (Å²) in [4.78, 5) is 1.33. The SMILES string of the molecule is CSc1ccc(C2Nc3c(C(C)C)cccc3C3C=CCC32)cc1. The molecule has 0 fully saturated rings. The molecule has 2 heteroatoms. The summed E-state index contributed by atoms with van der Waals surface area (Å²) in [6.45, 7) is 4.58. The third-order valence-corrected chi connectivity index (χ3v) is 6.27. The molecule has 0 spiro atoms. The second-order valence-corrected chi connectivity index (χ2v) is 8.09. The molecule has 1 aliphatic heterocycles. The Hall–Kier alpha value is -1.67. The topological polar surface area (TPSA) is 12.0 Å². The Morgan fingerprint density at radius 1 is 1.08 bits per heavy atom. The first-order valence-corrected chi connectivity index (χ1v) is 10.1. The summed E-state index contributed by atoms with van der Waals surface area (Å²) in [6.07, 6.45) is 8.10. The van der Waals surface area contributed by atoms with E-state index in [1.807, 2.05) is 0 Å². The van der Waals surface area contributed by atoms with Crippen molar-refractivity contribution in [3.8, 4) is 0 Å². The molecule has 0 radical (unpaired) electrons. The van der Waals surface area contributed by atoms with E-state index in [0.717, 1.165) is 6.42 Å². The van der Waals surface area contributed by atoms with Crippen molar-refractivity contribution < 1.29 is 0 Å². The number of nitrogens with one attached hydrogen (secondary N) is 1. The molecular formula is C22H25NS. The van der Waals surface area contributed by atoms with E-state index in [1.54, 1.807) is 11.8 Å². The number of anilines is 1. The molecule has 124 valence electrons. The number of hydrogen-bond donors (Lipinski definition) is 1. The molecule has 1 nitrogen and oxygen atoms in total. The molecule has 24 heavy (non-hydrogen) atoms. The molecule has 0 saturated carbocycles. The number of allylic oxidation sites excluding steroid dienone is 2. The Morgan fingerprint density at radius 3 is 2.58 bits per heavy atom. The van der Waals surface area contributed by atoms with Gasteiger partial charge in [-0.2, -0.15) is 0 Å². The Bertz CT molecular complexity index is 760. The van der Waals surface area contributed by atoms with E-state index in [9.17, 15) is 0 Å². The van der Waals surface area contributed by atoms with Crippen molar-refractivity contribution in [3.05, 3.63) is 71.3 Å². The van der Waals surface area contributed by atoms with E-state index in [2.05, 4.69) is 80.0 Å². The molecular weight excluding hydrogens is 310 g/mol. The highest BCUT2D eigenvalue weighted by Crippen LogP contribution is 2.51. The van der Waals surface area contributed by atoms with Crippen LogP contribution in [-0.4, -0.2) is 6.26 Å². The predicted octanol–water partition coefficient (Wildman–Crippen LogP) is 6.36. The van der Waals surface area contributed by atoms with Crippen molar-refractivity contribution >= 4 is 17.4 Å². The van der Waals surface area contributed by atoms with Gasteiger partial charge >= 0.3 is 0 Å². The molecule has 0 amide bonds. The number of rotatable bonds is 3. The van der Waals surface area contributed by atoms with Gasteiger partial charge in [0.15, 0.2) is 0 Å². The van der Waals surface area contributed by atoms with Gasteiger partial charge in [0, 0.05) is 16.5 Å². The Balaban J connectivity index is 1.78. The van der Waals surface area contributed by atoms with Gasteiger partial charge in [0.25, 0.3) is 0 Å². The standard InChI is InChI=1S/C22H25NS/c1-14(2)17-6-4-9-20-18-7-5-8-19(18)21(23-22(17)20)15-10-12-16(24-3)13-11-15/h4-7,9-14,18-19,21,23H,8H2,1-3H3. The van der Waals surface area contributed by atoms with E-state index in [0.29, 0.717) is 23.8 Å². The molecule has 1 aliphatic carbocycles. The van der Waals surface area contributed by atoms with E-state index in [1.165, 1.54) is 27.3 Å². The number of fused-ring (bicyclic) bond motifs is 3. The van der Waals surface area contributed by atoms with Crippen LogP contribution < -0.4 is 5.32 Å². The molecule has 2 aliphatic rings. The van der Waals surface area contributed by atoms with Crippen molar-refractivity contribution in [1.82, 2.24) is 0 Å². The zero-order valence-electron chi connectivity index (χ0n) is 14.6. The number of para-hydroxylation sites is 1. The number of hydrogen-bond acceptors (Lipinski definition) is 2. The first kappa shape index (κ1) is 15.8. The lowest BCUT2D eigenvalue weighted by molar-refractivity contribution is 0.424. The predicted molar refractivity (Wildman–Crippen MR) is 105 cm³/mol. The van der Waals surface area contributed by atoms with Gasteiger partial charge < -0.3 is 5.32 Å². The fourth-order valence-corrected chi connectivity index (χ4v) is 4.68. The largest absolute Gasteiger partial charge is 0.377 e. The lowest BCUT2D eigenvalue weighted by atomic mass is 9.75. The summed E-state index contributed by atoms with van der Waals surface area (Å²) in [5, 5.41) is 3.93. The fraction of sp³-hybridized carbons (Fsp3) is 0.364. The monoisotopic (exact) mass is 335 g/mol. The van der Waals surface area contributed by atoms with Gasteiger partial charge in [0.05, 0.1) is 6.04 Å². The van der Waals surface area contributed by atoms with Crippen molar-refractivity contribution in [1.29, 1.82) is 0 Å². The minimum Gasteiger partial charge on any atom is -0.377 e. The van der Waals surface area contributed by atoms with Crippen LogP contribution in [0.25, 0.3) is 0 Å². The van der Waals surface area contributed by atoms with Crippen LogP contribution in [0.1, 0.15) is 54.8 Å². The minimum atomic E-state index is 0.397. The van der Waals surface area contributed by atoms with Crippen LogP contribution in [0.3, 0.4) is 0 Å². The van der Waals surface area contributed by atoms with Gasteiger partial charge in [0.2, 0.25) is 0 Å². The van der Waals surface area contributed by atoms with E-state index < -0.39 is 0 Å². The van der Waals surface area contributed by atoms with Crippen LogP contribution in [0.15, 0.2) is 59.5 Å². The molecule has 2 aromatic rings. The van der Waals surface area contributed by atoms with Crippen LogP contribution in [0.5, 0.6) is 0 Å². The summed E-state index contributed by atoms with van der Waals surface area (Å²) in [7, 11) is 0. The van der Waals surface area contributed by atoms with E-state index in [-0.39, 0.29) is 0 Å². The van der Waals surface area contributed by atoms with Crippen LogP contribution in [-0.2, 0) is 0 Å². The summed E-state index contributed by atoms with van der Waals surface area (Å²) < 4.78 is 0. The maximum atomic E-state index is 3.93. The zero-order chi connectivity index (χ0) is 16.7. The Kier molecular flexibility index (Phi) is 4.17. The molecule has 0 bridgehead atoms. The third-order valence-electron chi connectivity index (χ3n) is 5.53. The second-order valence-electron chi connectivity index (χ2n) is 7.21. The van der Waals surface area contributed by atoms with Gasteiger partial charge in [-0.1, -0.05) is 56.3 Å². The van der Waals surface area contributed by atoms with Crippen LogP contribution in [0.4, 0.5) is 5.69 Å². The summed E-state index contributed by atoms with van der Waals surface area (Å²) in [5.74, 6) is 1.71. The lowest BCUT2D eigenvalue weighted by Gasteiger charge is -2.39. The number of benzene rings is 2. The van der Waals surface area contributed by atoms with Crippen molar-refractivity contribution in [2.24, 2.45) is 5.92 Å². The Morgan fingerprint density at radius 2 is 1.88 bits per heavy atom. The average molecular weight is 336 g/mol. The summed E-state index contributed by atoms with van der Waals surface area (Å²) >= 11 is 1.81. The van der Waals surface area contributed by atoms with Crippen LogP contribution >= 0.6 is 11.8 Å². The molecule has 0 aromatic heterocycles. The highest BCUT2D eigenvalue weighted by molar-refractivity contribution is 7.98. The summed E-state index contributed by atoms with van der Waals surface area (Å²) in [6, 6.07) is 16.3. The average Bonchev–Trinajstić information content (AvgIpc) is 3.10. The van der Waals surface area contributed by atoms with E-state index >= 15 is 0 Å². The van der Waals surface area contributed by atoms with Gasteiger partial charge in [-0.15, -0.1) is 11.8 Å². The quantitative estimate of drug-likeness (QED) is 0.517. The van der Waals surface area contributed by atoms with Crippen LogP contribution in [0, 0.1) is 5.92 Å².